The van der Waals surface area contributed by atoms with Crippen molar-refractivity contribution in [3.8, 4) is 17.2 Å². The monoisotopic (exact) mass is 416 g/mol. The van der Waals surface area contributed by atoms with E-state index in [2.05, 4.69) is 10.6 Å². The van der Waals surface area contributed by atoms with E-state index in [1.54, 1.807) is 43.5 Å². The molecule has 3 amide bonds. The highest BCUT2D eigenvalue weighted by atomic mass is 16.5. The van der Waals surface area contributed by atoms with Gasteiger partial charge in [0, 0.05) is 12.1 Å². The molecule has 1 aliphatic rings. The molecular formula is C24H20N2O5. The minimum Gasteiger partial charge on any atom is -0.496 e. The lowest BCUT2D eigenvalue weighted by Crippen LogP contribution is -2.19. The van der Waals surface area contributed by atoms with Gasteiger partial charge in [0.1, 0.15) is 17.2 Å². The summed E-state index contributed by atoms with van der Waals surface area (Å²) in [4.78, 5) is 35.7. The van der Waals surface area contributed by atoms with Crippen LogP contribution in [0.2, 0.25) is 0 Å². The van der Waals surface area contributed by atoms with E-state index in [9.17, 15) is 14.4 Å². The Kier molecular flexibility index (Phi) is 5.66. The van der Waals surface area contributed by atoms with Gasteiger partial charge in [-0.3, -0.25) is 19.7 Å². The average Bonchev–Trinajstić information content (AvgIpc) is 3.07. The summed E-state index contributed by atoms with van der Waals surface area (Å²) in [7, 11) is 1.61. The molecule has 0 saturated carbocycles. The van der Waals surface area contributed by atoms with Crippen LogP contribution in [0.25, 0.3) is 0 Å². The van der Waals surface area contributed by atoms with Crippen LogP contribution in [0.1, 0.15) is 32.7 Å². The Morgan fingerprint density at radius 3 is 2.39 bits per heavy atom. The molecule has 31 heavy (non-hydrogen) atoms. The highest BCUT2D eigenvalue weighted by molar-refractivity contribution is 6.21. The van der Waals surface area contributed by atoms with Gasteiger partial charge < -0.3 is 14.8 Å². The number of para-hydroxylation sites is 1. The number of ether oxygens (including phenoxy) is 2. The third kappa shape index (κ3) is 4.56. The summed E-state index contributed by atoms with van der Waals surface area (Å²) in [5.74, 6) is 0.807. The van der Waals surface area contributed by atoms with Crippen LogP contribution in [0.4, 0.5) is 5.69 Å². The molecule has 7 heteroatoms. The van der Waals surface area contributed by atoms with Gasteiger partial charge in [0.25, 0.3) is 11.8 Å². The van der Waals surface area contributed by atoms with Crippen LogP contribution in [-0.2, 0) is 11.2 Å². The van der Waals surface area contributed by atoms with Gasteiger partial charge in [-0.05, 0) is 60.5 Å². The molecular weight excluding hydrogens is 396 g/mol. The number of imide groups is 1. The maximum atomic E-state index is 12.3. The molecule has 0 spiro atoms. The topological polar surface area (TPSA) is 93.7 Å². The first-order chi connectivity index (χ1) is 15.0. The van der Waals surface area contributed by atoms with Crippen molar-refractivity contribution < 1.29 is 23.9 Å². The van der Waals surface area contributed by atoms with Crippen LogP contribution >= 0.6 is 0 Å². The number of rotatable bonds is 7. The molecule has 0 radical (unpaired) electrons. The van der Waals surface area contributed by atoms with E-state index in [1.165, 1.54) is 6.07 Å². The van der Waals surface area contributed by atoms with Gasteiger partial charge in [-0.2, -0.15) is 0 Å². The van der Waals surface area contributed by atoms with Crippen LogP contribution < -0.4 is 20.1 Å². The highest BCUT2D eigenvalue weighted by Crippen LogP contribution is 2.27. The van der Waals surface area contributed by atoms with Crippen molar-refractivity contribution in [2.24, 2.45) is 0 Å². The maximum absolute atomic E-state index is 12.3. The molecule has 2 N–H and O–H groups in total. The largest absolute Gasteiger partial charge is 0.496 e. The second-order valence-electron chi connectivity index (χ2n) is 6.98. The number of hydrogen-bond acceptors (Lipinski definition) is 5. The second-order valence-corrected chi connectivity index (χ2v) is 6.98. The van der Waals surface area contributed by atoms with E-state index in [0.29, 0.717) is 41.2 Å². The van der Waals surface area contributed by atoms with Gasteiger partial charge >= 0.3 is 0 Å². The van der Waals surface area contributed by atoms with Gasteiger partial charge in [0.2, 0.25) is 5.91 Å². The van der Waals surface area contributed by atoms with E-state index < -0.39 is 11.8 Å². The summed E-state index contributed by atoms with van der Waals surface area (Å²) in [6.07, 6.45) is 0.903. The highest BCUT2D eigenvalue weighted by Gasteiger charge is 2.26. The number of carbonyl (C=O) groups is 3. The van der Waals surface area contributed by atoms with Gasteiger partial charge in [-0.25, -0.2) is 0 Å². The fraction of sp³-hybridized carbons (Fsp3) is 0.125. The van der Waals surface area contributed by atoms with Crippen molar-refractivity contribution in [3.05, 3.63) is 83.4 Å². The number of fused-ring (bicyclic) bond motifs is 1. The molecule has 0 bridgehead atoms. The van der Waals surface area contributed by atoms with Crippen LogP contribution in [-0.4, -0.2) is 24.8 Å². The maximum Gasteiger partial charge on any atom is 0.259 e. The standard InChI is InChI=1S/C24H20N2O5/c1-30-21-5-3-2-4-15(21)6-13-22(27)25-16-7-9-17(10-8-16)31-18-11-12-19-20(14-18)24(29)26-23(19)28/h2-5,7-12,14H,6,13H2,1H3,(H,25,27)(H,26,28,29). The lowest BCUT2D eigenvalue weighted by Gasteiger charge is -2.10. The Morgan fingerprint density at radius 2 is 1.61 bits per heavy atom. The zero-order valence-corrected chi connectivity index (χ0v) is 16.8. The number of nitrogens with one attached hydrogen (secondary N) is 2. The average molecular weight is 416 g/mol. The number of amides is 3. The van der Waals surface area contributed by atoms with Crippen molar-refractivity contribution in [2.75, 3.05) is 12.4 Å². The quantitative estimate of drug-likeness (QED) is 0.569. The Labute approximate surface area is 179 Å². The second kappa shape index (κ2) is 8.71. The number of anilines is 1. The van der Waals surface area contributed by atoms with Crippen LogP contribution in [0, 0.1) is 0 Å². The van der Waals surface area contributed by atoms with Crippen LogP contribution in [0.3, 0.4) is 0 Å². The van der Waals surface area contributed by atoms with Gasteiger partial charge in [0.05, 0.1) is 18.2 Å². The lowest BCUT2D eigenvalue weighted by atomic mass is 10.1. The molecule has 0 aromatic heterocycles. The number of methoxy groups -OCH3 is 1. The van der Waals surface area contributed by atoms with Gasteiger partial charge in [0.15, 0.2) is 0 Å². The molecule has 0 saturated heterocycles. The van der Waals surface area contributed by atoms with Crippen molar-refractivity contribution in [1.82, 2.24) is 5.32 Å². The predicted molar refractivity (Wildman–Crippen MR) is 115 cm³/mol. The van der Waals surface area contributed by atoms with Gasteiger partial charge in [-0.1, -0.05) is 18.2 Å². The molecule has 156 valence electrons. The molecule has 3 aromatic carbocycles. The first-order valence-electron chi connectivity index (χ1n) is 9.73. The van der Waals surface area contributed by atoms with E-state index >= 15 is 0 Å². The Morgan fingerprint density at radius 1 is 0.903 bits per heavy atom. The summed E-state index contributed by atoms with van der Waals surface area (Å²) in [6, 6.07) is 19.2. The SMILES string of the molecule is COc1ccccc1CCC(=O)Nc1ccc(Oc2ccc3c(c2)C(=O)NC3=O)cc1. The van der Waals surface area contributed by atoms with Crippen molar-refractivity contribution in [2.45, 2.75) is 12.8 Å². The van der Waals surface area contributed by atoms with Crippen molar-refractivity contribution >= 4 is 23.4 Å². The Balaban J connectivity index is 1.34. The van der Waals surface area contributed by atoms with E-state index in [-0.39, 0.29) is 5.91 Å². The van der Waals surface area contributed by atoms with Crippen LogP contribution in [0.15, 0.2) is 66.7 Å². The number of hydrogen-bond donors (Lipinski definition) is 2. The molecule has 0 atom stereocenters. The summed E-state index contributed by atoms with van der Waals surface area (Å²) >= 11 is 0. The number of benzene rings is 3. The summed E-state index contributed by atoms with van der Waals surface area (Å²) in [5, 5.41) is 5.11. The molecule has 1 aliphatic heterocycles. The zero-order chi connectivity index (χ0) is 21.8. The number of carbonyl (C=O) groups excluding carboxylic acids is 3. The summed E-state index contributed by atoms with van der Waals surface area (Å²) in [6.45, 7) is 0. The number of aryl methyl sites for hydroxylation is 1. The fourth-order valence-corrected chi connectivity index (χ4v) is 3.33. The smallest absolute Gasteiger partial charge is 0.259 e. The molecule has 0 fully saturated rings. The van der Waals surface area contributed by atoms with E-state index in [4.69, 9.17) is 9.47 Å². The summed E-state index contributed by atoms with van der Waals surface area (Å²) in [5.41, 5.74) is 2.26. The third-order valence-corrected chi connectivity index (χ3v) is 4.90. The predicted octanol–water partition coefficient (Wildman–Crippen LogP) is 3.94. The Hall–Kier alpha value is -4.13. The minimum atomic E-state index is -0.434. The zero-order valence-electron chi connectivity index (χ0n) is 16.8. The van der Waals surface area contributed by atoms with Crippen molar-refractivity contribution in [1.29, 1.82) is 0 Å². The first-order valence-corrected chi connectivity index (χ1v) is 9.73. The molecule has 0 aliphatic carbocycles. The molecule has 1 heterocycles. The minimum absolute atomic E-state index is 0.103. The molecule has 3 aromatic rings. The summed E-state index contributed by atoms with van der Waals surface area (Å²) < 4.78 is 11.1. The van der Waals surface area contributed by atoms with E-state index in [1.807, 2.05) is 24.3 Å². The third-order valence-electron chi connectivity index (χ3n) is 4.90. The van der Waals surface area contributed by atoms with Gasteiger partial charge in [-0.15, -0.1) is 0 Å². The fourth-order valence-electron chi connectivity index (χ4n) is 3.33. The first kappa shape index (κ1) is 20.2. The van der Waals surface area contributed by atoms with Crippen molar-refractivity contribution in [3.63, 3.8) is 0 Å². The molecule has 7 nitrogen and oxygen atoms in total. The van der Waals surface area contributed by atoms with E-state index in [0.717, 1.165) is 11.3 Å². The normalized spacial score (nSPS) is 12.2. The molecule has 0 unspecified atom stereocenters. The lowest BCUT2D eigenvalue weighted by molar-refractivity contribution is -0.116. The Bertz CT molecular complexity index is 1150. The molecule has 4 rings (SSSR count). The van der Waals surface area contributed by atoms with Crippen LogP contribution in [0.5, 0.6) is 17.2 Å².